The van der Waals surface area contributed by atoms with Crippen LogP contribution in [-0.2, 0) is 4.79 Å². The molecular formula is C9H15F3N2O3. The van der Waals surface area contributed by atoms with E-state index in [0.29, 0.717) is 0 Å². The number of carbonyl (C=O) groups is 2. The highest BCUT2D eigenvalue weighted by atomic mass is 19.4. The molecule has 0 fully saturated rings. The maximum absolute atomic E-state index is 11.9. The molecule has 0 radical (unpaired) electrons. The average molecular weight is 256 g/mol. The zero-order chi connectivity index (χ0) is 13.9. The third kappa shape index (κ3) is 4.49. The molecule has 0 spiro atoms. The average Bonchev–Trinajstić information content (AvgIpc) is 2.14. The van der Waals surface area contributed by atoms with Crippen LogP contribution >= 0.6 is 0 Å². The monoisotopic (exact) mass is 256 g/mol. The predicted octanol–water partition coefficient (Wildman–Crippen LogP) is 1.44. The van der Waals surface area contributed by atoms with Gasteiger partial charge >= 0.3 is 18.2 Å². The minimum Gasteiger partial charge on any atom is -0.480 e. The van der Waals surface area contributed by atoms with Crippen LogP contribution < -0.4 is 5.32 Å². The Morgan fingerprint density at radius 1 is 1.29 bits per heavy atom. The summed E-state index contributed by atoms with van der Waals surface area (Å²) < 4.78 is 35.7. The molecule has 0 saturated carbocycles. The van der Waals surface area contributed by atoms with Gasteiger partial charge in [0.25, 0.3) is 0 Å². The Balaban J connectivity index is 4.68. The molecule has 0 atom stereocenters. The third-order valence-electron chi connectivity index (χ3n) is 2.20. The first-order chi connectivity index (χ1) is 7.52. The molecule has 0 aromatic heterocycles. The summed E-state index contributed by atoms with van der Waals surface area (Å²) in [5.41, 5.74) is -1.57. The fraction of sp³-hybridized carbons (Fsp3) is 0.778. The second-order valence-corrected chi connectivity index (χ2v) is 3.88. The van der Waals surface area contributed by atoms with Gasteiger partial charge < -0.3 is 15.3 Å². The summed E-state index contributed by atoms with van der Waals surface area (Å²) in [5, 5.41) is 10.5. The first-order valence-corrected chi connectivity index (χ1v) is 4.88. The lowest BCUT2D eigenvalue weighted by atomic mass is 10.0. The fourth-order valence-electron chi connectivity index (χ4n) is 1.18. The van der Waals surface area contributed by atoms with Gasteiger partial charge in [-0.25, -0.2) is 9.59 Å². The number of likely N-dealkylation sites (N-methyl/N-ethyl adjacent to an activating group) is 1. The first kappa shape index (κ1) is 15.5. The van der Waals surface area contributed by atoms with E-state index in [-0.39, 0.29) is 6.54 Å². The molecule has 0 saturated heterocycles. The molecule has 100 valence electrons. The van der Waals surface area contributed by atoms with E-state index in [1.54, 1.807) is 5.32 Å². The largest absolute Gasteiger partial charge is 0.480 e. The predicted molar refractivity (Wildman–Crippen MR) is 53.5 cm³/mol. The van der Waals surface area contributed by atoms with Crippen molar-refractivity contribution >= 4 is 12.0 Å². The van der Waals surface area contributed by atoms with Crippen molar-refractivity contribution in [1.29, 1.82) is 0 Å². The molecule has 0 heterocycles. The lowest BCUT2D eigenvalue weighted by Gasteiger charge is -2.34. The van der Waals surface area contributed by atoms with Crippen molar-refractivity contribution in [3.8, 4) is 0 Å². The van der Waals surface area contributed by atoms with E-state index in [1.807, 2.05) is 0 Å². The lowest BCUT2D eigenvalue weighted by Crippen LogP contribution is -2.56. The number of nitrogens with one attached hydrogen (secondary N) is 1. The van der Waals surface area contributed by atoms with E-state index in [9.17, 15) is 22.8 Å². The Bertz CT molecular complexity index is 302. The third-order valence-corrected chi connectivity index (χ3v) is 2.20. The molecule has 0 bridgehead atoms. The van der Waals surface area contributed by atoms with Crippen molar-refractivity contribution in [2.24, 2.45) is 0 Å². The van der Waals surface area contributed by atoms with E-state index >= 15 is 0 Å². The molecule has 0 aliphatic carbocycles. The maximum atomic E-state index is 11.9. The van der Waals surface area contributed by atoms with Crippen molar-refractivity contribution in [2.45, 2.75) is 32.5 Å². The molecular weight excluding hydrogens is 241 g/mol. The van der Waals surface area contributed by atoms with Gasteiger partial charge in [-0.15, -0.1) is 0 Å². The van der Waals surface area contributed by atoms with E-state index in [4.69, 9.17) is 5.11 Å². The normalized spacial score (nSPS) is 12.1. The molecule has 8 heteroatoms. The molecule has 0 aliphatic heterocycles. The smallest absolute Gasteiger partial charge is 0.405 e. The zero-order valence-corrected chi connectivity index (χ0v) is 9.76. The fourth-order valence-corrected chi connectivity index (χ4v) is 1.18. The van der Waals surface area contributed by atoms with E-state index in [2.05, 4.69) is 0 Å². The van der Waals surface area contributed by atoms with Gasteiger partial charge in [0.15, 0.2) is 0 Å². The SMILES string of the molecule is CCN(C(=O)NCC(F)(F)F)C(C)(C)C(=O)O. The first-order valence-electron chi connectivity index (χ1n) is 4.88. The van der Waals surface area contributed by atoms with Gasteiger partial charge in [0.05, 0.1) is 0 Å². The number of urea groups is 1. The Kier molecular flexibility index (Phi) is 4.79. The number of rotatable bonds is 4. The maximum Gasteiger partial charge on any atom is 0.405 e. The van der Waals surface area contributed by atoms with Crippen molar-refractivity contribution in [2.75, 3.05) is 13.1 Å². The summed E-state index contributed by atoms with van der Waals surface area (Å²) in [7, 11) is 0. The van der Waals surface area contributed by atoms with Crippen LogP contribution in [0, 0.1) is 0 Å². The Hall–Kier alpha value is -1.47. The molecule has 2 amide bonds. The molecule has 0 aromatic carbocycles. The number of carboxylic acids is 1. The number of nitrogens with zero attached hydrogens (tertiary/aromatic N) is 1. The summed E-state index contributed by atoms with van der Waals surface area (Å²) in [4.78, 5) is 23.1. The van der Waals surface area contributed by atoms with E-state index in [1.165, 1.54) is 20.8 Å². The summed E-state index contributed by atoms with van der Waals surface area (Å²) in [6.07, 6.45) is -4.53. The van der Waals surface area contributed by atoms with E-state index < -0.39 is 30.3 Å². The minimum absolute atomic E-state index is 0.0109. The van der Waals surface area contributed by atoms with Crippen LogP contribution in [0.25, 0.3) is 0 Å². The summed E-state index contributed by atoms with van der Waals surface area (Å²) >= 11 is 0. The molecule has 0 unspecified atom stereocenters. The number of amides is 2. The van der Waals surface area contributed by atoms with Crippen LogP contribution in [0.3, 0.4) is 0 Å². The number of alkyl halides is 3. The number of hydrogen-bond donors (Lipinski definition) is 2. The van der Waals surface area contributed by atoms with Crippen LogP contribution in [0.4, 0.5) is 18.0 Å². The van der Waals surface area contributed by atoms with Crippen LogP contribution in [-0.4, -0.2) is 46.8 Å². The molecule has 0 aromatic rings. The molecule has 0 aliphatic rings. The van der Waals surface area contributed by atoms with Crippen molar-refractivity contribution in [1.82, 2.24) is 10.2 Å². The highest BCUT2D eigenvalue weighted by Gasteiger charge is 2.38. The highest BCUT2D eigenvalue weighted by Crippen LogP contribution is 2.16. The van der Waals surface area contributed by atoms with Gasteiger partial charge in [0.1, 0.15) is 12.1 Å². The number of carbonyl (C=O) groups excluding carboxylic acids is 1. The minimum atomic E-state index is -4.53. The van der Waals surface area contributed by atoms with E-state index in [0.717, 1.165) is 4.90 Å². The number of aliphatic carboxylic acids is 1. The topological polar surface area (TPSA) is 69.6 Å². The van der Waals surface area contributed by atoms with Gasteiger partial charge in [-0.1, -0.05) is 0 Å². The Morgan fingerprint density at radius 2 is 1.76 bits per heavy atom. The number of halogens is 3. The number of carboxylic acid groups (broad SMARTS) is 1. The zero-order valence-electron chi connectivity index (χ0n) is 9.76. The van der Waals surface area contributed by atoms with Gasteiger partial charge in [-0.05, 0) is 20.8 Å². The Morgan fingerprint density at radius 3 is 2.06 bits per heavy atom. The van der Waals surface area contributed by atoms with Gasteiger partial charge in [-0.3, -0.25) is 0 Å². The summed E-state index contributed by atoms with van der Waals surface area (Å²) in [6, 6.07) is -1.06. The van der Waals surface area contributed by atoms with Crippen LogP contribution in [0.5, 0.6) is 0 Å². The highest BCUT2D eigenvalue weighted by molar-refractivity contribution is 5.85. The van der Waals surface area contributed by atoms with Crippen molar-refractivity contribution in [3.05, 3.63) is 0 Å². The molecule has 0 rings (SSSR count). The standard InChI is InChI=1S/C9H15F3N2O3/c1-4-14(8(2,3)6(15)16)7(17)13-5-9(10,11)12/h4-5H2,1-3H3,(H,13,17)(H,15,16). The molecule has 2 N–H and O–H groups in total. The Labute approximate surface area is 96.6 Å². The van der Waals surface area contributed by atoms with Crippen LogP contribution in [0.15, 0.2) is 0 Å². The molecule has 17 heavy (non-hydrogen) atoms. The van der Waals surface area contributed by atoms with Gasteiger partial charge in [0.2, 0.25) is 0 Å². The van der Waals surface area contributed by atoms with Gasteiger partial charge in [-0.2, -0.15) is 13.2 Å². The number of hydrogen-bond acceptors (Lipinski definition) is 2. The second-order valence-electron chi connectivity index (χ2n) is 3.88. The van der Waals surface area contributed by atoms with Crippen LogP contribution in [0.2, 0.25) is 0 Å². The lowest BCUT2D eigenvalue weighted by molar-refractivity contribution is -0.147. The van der Waals surface area contributed by atoms with Crippen molar-refractivity contribution in [3.63, 3.8) is 0 Å². The molecule has 5 nitrogen and oxygen atoms in total. The summed E-state index contributed by atoms with van der Waals surface area (Å²) in [5.74, 6) is -1.29. The quantitative estimate of drug-likeness (QED) is 0.799. The van der Waals surface area contributed by atoms with Gasteiger partial charge in [0, 0.05) is 6.54 Å². The van der Waals surface area contributed by atoms with Crippen LogP contribution in [0.1, 0.15) is 20.8 Å². The van der Waals surface area contributed by atoms with Crippen molar-refractivity contribution < 1.29 is 27.9 Å². The second kappa shape index (κ2) is 5.24. The summed E-state index contributed by atoms with van der Waals surface area (Å²) in [6.45, 7) is 2.47.